The summed E-state index contributed by atoms with van der Waals surface area (Å²) < 4.78 is 3.88. The van der Waals surface area contributed by atoms with E-state index in [1.54, 1.807) is 0 Å². The molecule has 4 rings (SSSR count). The highest BCUT2D eigenvalue weighted by molar-refractivity contribution is 7.03. The molecule has 0 radical (unpaired) electrons. The Hall–Kier alpha value is -1.79. The molecule has 0 unspecified atom stereocenters. The molecule has 5 nitrogen and oxygen atoms in total. The van der Waals surface area contributed by atoms with E-state index < -0.39 is 0 Å². The summed E-state index contributed by atoms with van der Waals surface area (Å²) in [5, 5.41) is 12.5. The number of rotatable bonds is 3. The van der Waals surface area contributed by atoms with Crippen molar-refractivity contribution in [2.45, 2.75) is 25.7 Å². The van der Waals surface area contributed by atoms with Gasteiger partial charge in [-0.2, -0.15) is 0 Å². The molecule has 1 aromatic carbocycles. The van der Waals surface area contributed by atoms with Crippen molar-refractivity contribution >= 4 is 23.1 Å². The van der Waals surface area contributed by atoms with Crippen molar-refractivity contribution in [1.29, 1.82) is 0 Å². The molecule has 0 spiro atoms. The van der Waals surface area contributed by atoms with Gasteiger partial charge in [-0.05, 0) is 49.0 Å². The van der Waals surface area contributed by atoms with Crippen molar-refractivity contribution in [1.82, 2.24) is 14.9 Å². The van der Waals surface area contributed by atoms with E-state index in [-0.39, 0.29) is 11.3 Å². The van der Waals surface area contributed by atoms with Crippen LogP contribution in [0.2, 0.25) is 0 Å². The summed E-state index contributed by atoms with van der Waals surface area (Å²) >= 11 is 1.34. The molecule has 2 aliphatic rings. The third-order valence-electron chi connectivity index (χ3n) is 5.29. The first-order valence-electron chi connectivity index (χ1n) is 8.18. The van der Waals surface area contributed by atoms with Crippen LogP contribution >= 0.6 is 11.5 Å². The molecule has 23 heavy (non-hydrogen) atoms. The maximum Gasteiger partial charge on any atom is 0.232 e. The van der Waals surface area contributed by atoms with E-state index in [9.17, 15) is 4.79 Å². The Labute approximate surface area is 139 Å². The maximum absolute atomic E-state index is 12.9. The maximum atomic E-state index is 12.9. The van der Waals surface area contributed by atoms with Gasteiger partial charge in [0, 0.05) is 23.2 Å². The van der Waals surface area contributed by atoms with Crippen LogP contribution in [0.1, 0.15) is 25.7 Å². The fourth-order valence-corrected chi connectivity index (χ4v) is 4.43. The second kappa shape index (κ2) is 6.02. The van der Waals surface area contributed by atoms with Gasteiger partial charge in [0.25, 0.3) is 0 Å². The Morgan fingerprint density at radius 2 is 2.17 bits per heavy atom. The summed E-state index contributed by atoms with van der Waals surface area (Å²) in [6.07, 6.45) is 4.56. The van der Waals surface area contributed by atoms with Crippen molar-refractivity contribution in [2.24, 2.45) is 11.3 Å². The normalized spacial score (nSPS) is 26.7. The average molecular weight is 328 g/mol. The topological polar surface area (TPSA) is 66.9 Å². The minimum absolute atomic E-state index is 0.176. The van der Waals surface area contributed by atoms with Crippen LogP contribution in [-0.2, 0) is 4.79 Å². The van der Waals surface area contributed by atoms with Crippen LogP contribution in [0.3, 0.4) is 0 Å². The molecule has 120 valence electrons. The molecule has 1 saturated carbocycles. The van der Waals surface area contributed by atoms with Crippen molar-refractivity contribution < 1.29 is 4.79 Å². The monoisotopic (exact) mass is 328 g/mol. The number of nitrogens with one attached hydrogen (secondary N) is 2. The third kappa shape index (κ3) is 2.66. The number of hydrogen-bond donors (Lipinski definition) is 2. The summed E-state index contributed by atoms with van der Waals surface area (Å²) in [5.41, 5.74) is 2.54. The molecule has 1 amide bonds. The molecule has 2 atom stereocenters. The first-order valence-corrected chi connectivity index (χ1v) is 9.01. The fraction of sp³-hybridized carbons (Fsp3) is 0.471. The molecular formula is C17H20N4OS. The van der Waals surface area contributed by atoms with Gasteiger partial charge < -0.3 is 10.6 Å². The lowest BCUT2D eigenvalue weighted by Crippen LogP contribution is -2.44. The molecule has 2 N–H and O–H groups in total. The zero-order chi connectivity index (χ0) is 15.7. The lowest BCUT2D eigenvalue weighted by molar-refractivity contribution is -0.128. The molecule has 2 fully saturated rings. The Morgan fingerprint density at radius 1 is 1.30 bits per heavy atom. The Morgan fingerprint density at radius 3 is 2.96 bits per heavy atom. The Bertz CT molecular complexity index is 685. The van der Waals surface area contributed by atoms with E-state index in [1.807, 2.05) is 29.6 Å². The number of benzene rings is 1. The summed E-state index contributed by atoms with van der Waals surface area (Å²) in [6.45, 7) is 1.79. The van der Waals surface area contributed by atoms with Crippen LogP contribution in [0.25, 0.3) is 11.3 Å². The lowest BCUT2D eigenvalue weighted by atomic mass is 9.67. The predicted molar refractivity (Wildman–Crippen MR) is 91.2 cm³/mol. The van der Waals surface area contributed by atoms with Crippen LogP contribution in [0.5, 0.6) is 0 Å². The molecule has 6 heteroatoms. The van der Waals surface area contributed by atoms with E-state index >= 15 is 0 Å². The van der Waals surface area contributed by atoms with Gasteiger partial charge in [0.05, 0.1) is 5.41 Å². The highest BCUT2D eigenvalue weighted by Crippen LogP contribution is 2.44. The minimum Gasteiger partial charge on any atom is -0.326 e. The molecule has 2 heterocycles. The molecule has 1 aliphatic heterocycles. The van der Waals surface area contributed by atoms with Gasteiger partial charge in [0.1, 0.15) is 5.69 Å². The van der Waals surface area contributed by atoms with Crippen LogP contribution in [0.4, 0.5) is 5.69 Å². The number of amides is 1. The van der Waals surface area contributed by atoms with Gasteiger partial charge in [0.15, 0.2) is 0 Å². The Balaban J connectivity index is 1.50. The Kier molecular flexibility index (Phi) is 3.87. The number of anilines is 1. The van der Waals surface area contributed by atoms with Gasteiger partial charge >= 0.3 is 0 Å². The number of aromatic nitrogens is 2. The van der Waals surface area contributed by atoms with E-state index in [2.05, 4.69) is 20.2 Å². The van der Waals surface area contributed by atoms with Crippen LogP contribution < -0.4 is 10.6 Å². The smallest absolute Gasteiger partial charge is 0.232 e. The molecule has 1 aromatic heterocycles. The first kappa shape index (κ1) is 14.8. The fourth-order valence-electron chi connectivity index (χ4n) is 3.96. The van der Waals surface area contributed by atoms with Gasteiger partial charge in [-0.25, -0.2) is 0 Å². The molecule has 2 aromatic rings. The van der Waals surface area contributed by atoms with Crippen LogP contribution in [-0.4, -0.2) is 28.6 Å². The quantitative estimate of drug-likeness (QED) is 0.909. The standard InChI is InChI=1S/C17H20N4OS/c22-16(17-8-2-1-3-13(17)9-18-11-17)19-14-6-4-12(5-7-14)15-10-23-21-20-15/h4-7,10,13,18H,1-3,8-9,11H2,(H,19,22)/t13-,17+/m0/s1. The number of hydrogen-bond acceptors (Lipinski definition) is 5. The summed E-state index contributed by atoms with van der Waals surface area (Å²) in [5.74, 6) is 0.659. The van der Waals surface area contributed by atoms with Gasteiger partial charge in [-0.1, -0.05) is 29.5 Å². The molecule has 1 aliphatic carbocycles. The van der Waals surface area contributed by atoms with E-state index in [1.165, 1.54) is 18.0 Å². The largest absolute Gasteiger partial charge is 0.326 e. The minimum atomic E-state index is -0.213. The highest BCUT2D eigenvalue weighted by atomic mass is 32.1. The van der Waals surface area contributed by atoms with Gasteiger partial charge in [0.2, 0.25) is 5.91 Å². The second-order valence-corrected chi connectivity index (χ2v) is 7.16. The highest BCUT2D eigenvalue weighted by Gasteiger charge is 2.49. The van der Waals surface area contributed by atoms with Crippen molar-refractivity contribution in [3.05, 3.63) is 29.6 Å². The lowest BCUT2D eigenvalue weighted by Gasteiger charge is -2.37. The predicted octanol–water partition coefficient (Wildman–Crippen LogP) is 2.92. The van der Waals surface area contributed by atoms with E-state index in [0.717, 1.165) is 49.3 Å². The summed E-state index contributed by atoms with van der Waals surface area (Å²) in [6, 6.07) is 7.86. The van der Waals surface area contributed by atoms with Crippen molar-refractivity contribution in [2.75, 3.05) is 18.4 Å². The van der Waals surface area contributed by atoms with E-state index in [4.69, 9.17) is 0 Å². The second-order valence-electron chi connectivity index (χ2n) is 6.55. The molecule has 0 bridgehead atoms. The zero-order valence-electron chi connectivity index (χ0n) is 12.9. The summed E-state index contributed by atoms with van der Waals surface area (Å²) in [7, 11) is 0. The average Bonchev–Trinajstić information content (AvgIpc) is 3.25. The number of carbonyl (C=O) groups excluding carboxylic acids is 1. The van der Waals surface area contributed by atoms with Gasteiger partial charge in [-0.3, -0.25) is 4.79 Å². The number of nitrogens with zero attached hydrogens (tertiary/aromatic N) is 2. The van der Waals surface area contributed by atoms with Crippen LogP contribution in [0, 0.1) is 11.3 Å². The molecular weight excluding hydrogens is 308 g/mol. The SMILES string of the molecule is O=C(Nc1ccc(-c2csnn2)cc1)[C@@]12CCCC[C@H]1CNC2. The third-order valence-corrected chi connectivity index (χ3v) is 5.79. The van der Waals surface area contributed by atoms with Gasteiger partial charge in [-0.15, -0.1) is 5.10 Å². The van der Waals surface area contributed by atoms with Crippen LogP contribution in [0.15, 0.2) is 29.6 Å². The zero-order valence-corrected chi connectivity index (χ0v) is 13.7. The first-order chi connectivity index (χ1) is 11.3. The summed E-state index contributed by atoms with van der Waals surface area (Å²) in [4.78, 5) is 12.9. The number of carbonyl (C=O) groups is 1. The van der Waals surface area contributed by atoms with Crippen molar-refractivity contribution in [3.63, 3.8) is 0 Å². The number of fused-ring (bicyclic) bond motifs is 1. The molecule has 1 saturated heterocycles. The van der Waals surface area contributed by atoms with Crippen molar-refractivity contribution in [3.8, 4) is 11.3 Å². The van der Waals surface area contributed by atoms with E-state index in [0.29, 0.717) is 5.92 Å².